The number of rotatable bonds is 2. The fourth-order valence-electron chi connectivity index (χ4n) is 2.68. The van der Waals surface area contributed by atoms with Gasteiger partial charge in [-0.1, -0.05) is 19.9 Å². The van der Waals surface area contributed by atoms with Crippen LogP contribution in [-0.4, -0.2) is 9.97 Å². The summed E-state index contributed by atoms with van der Waals surface area (Å²) in [4.78, 5) is 9.30. The van der Waals surface area contributed by atoms with E-state index in [-0.39, 0.29) is 0 Å². The first-order chi connectivity index (χ1) is 9.95. The number of anilines is 1. The number of aromatic nitrogens is 2. The zero-order valence-electron chi connectivity index (χ0n) is 12.8. The molecule has 2 N–H and O–H groups in total. The lowest BCUT2D eigenvalue weighted by atomic mass is 9.97. The molecule has 108 valence electrons. The molecule has 3 rings (SSSR count). The molecule has 2 aromatic heterocycles. The Hall–Kier alpha value is -1.94. The molecule has 2 heterocycles. The summed E-state index contributed by atoms with van der Waals surface area (Å²) in [6.45, 7) is 8.56. The van der Waals surface area contributed by atoms with Gasteiger partial charge in [-0.15, -0.1) is 11.3 Å². The van der Waals surface area contributed by atoms with Crippen LogP contribution in [0.25, 0.3) is 22.2 Å². The van der Waals surface area contributed by atoms with Gasteiger partial charge in [-0.25, -0.2) is 4.98 Å². The molecule has 0 saturated heterocycles. The summed E-state index contributed by atoms with van der Waals surface area (Å²) in [5.41, 5.74) is 12.5. The predicted octanol–water partition coefficient (Wildman–Crippen LogP) is 4.68. The fraction of sp³-hybridized carbons (Fsp3) is 0.294. The lowest BCUT2D eigenvalue weighted by Crippen LogP contribution is -1.97. The van der Waals surface area contributed by atoms with Gasteiger partial charge in [0.25, 0.3) is 0 Å². The highest BCUT2D eigenvalue weighted by Crippen LogP contribution is 2.34. The van der Waals surface area contributed by atoms with Crippen LogP contribution in [0.15, 0.2) is 23.6 Å². The first-order valence-electron chi connectivity index (χ1n) is 7.09. The fourth-order valence-corrected chi connectivity index (χ4v) is 3.25. The quantitative estimate of drug-likeness (QED) is 0.747. The van der Waals surface area contributed by atoms with Crippen LogP contribution in [0, 0.1) is 13.8 Å². The maximum absolute atomic E-state index is 5.81. The van der Waals surface area contributed by atoms with E-state index in [9.17, 15) is 0 Å². The Morgan fingerprint density at radius 1 is 1.10 bits per heavy atom. The Bertz CT molecular complexity index is 818. The van der Waals surface area contributed by atoms with Crippen LogP contribution in [0.4, 0.5) is 5.13 Å². The van der Waals surface area contributed by atoms with Crippen molar-refractivity contribution in [2.75, 3.05) is 5.73 Å². The Balaban J connectivity index is 2.40. The third-order valence-corrected chi connectivity index (χ3v) is 4.33. The average molecular weight is 297 g/mol. The third-order valence-electron chi connectivity index (χ3n) is 3.66. The Labute approximate surface area is 128 Å². The summed E-state index contributed by atoms with van der Waals surface area (Å²) in [5, 5.41) is 3.80. The van der Waals surface area contributed by atoms with E-state index in [1.165, 1.54) is 27.8 Å². The SMILES string of the molecule is Cc1cc(C)c2c(-c3csc(N)n3)cc(C(C)C)nc2c1. The van der Waals surface area contributed by atoms with E-state index in [0.29, 0.717) is 11.0 Å². The summed E-state index contributed by atoms with van der Waals surface area (Å²) in [5.74, 6) is 0.380. The summed E-state index contributed by atoms with van der Waals surface area (Å²) < 4.78 is 0. The molecule has 0 saturated carbocycles. The van der Waals surface area contributed by atoms with E-state index in [0.717, 1.165) is 22.5 Å². The molecular formula is C17H19N3S. The molecule has 0 aliphatic rings. The smallest absolute Gasteiger partial charge is 0.180 e. The lowest BCUT2D eigenvalue weighted by molar-refractivity contribution is 0.830. The number of hydrogen-bond donors (Lipinski definition) is 1. The van der Waals surface area contributed by atoms with Crippen molar-refractivity contribution in [2.45, 2.75) is 33.6 Å². The molecule has 0 aliphatic carbocycles. The number of hydrogen-bond acceptors (Lipinski definition) is 4. The van der Waals surface area contributed by atoms with Crippen LogP contribution in [0.1, 0.15) is 36.6 Å². The van der Waals surface area contributed by atoms with Gasteiger partial charge in [0.2, 0.25) is 0 Å². The maximum Gasteiger partial charge on any atom is 0.180 e. The van der Waals surface area contributed by atoms with Gasteiger partial charge >= 0.3 is 0 Å². The molecule has 0 unspecified atom stereocenters. The molecule has 0 spiro atoms. The highest BCUT2D eigenvalue weighted by atomic mass is 32.1. The van der Waals surface area contributed by atoms with E-state index >= 15 is 0 Å². The highest BCUT2D eigenvalue weighted by Gasteiger charge is 2.14. The first kappa shape index (κ1) is 14.0. The minimum absolute atomic E-state index is 0.380. The van der Waals surface area contributed by atoms with E-state index in [2.05, 4.69) is 50.9 Å². The summed E-state index contributed by atoms with van der Waals surface area (Å²) in [7, 11) is 0. The van der Waals surface area contributed by atoms with Crippen LogP contribution in [0.5, 0.6) is 0 Å². The van der Waals surface area contributed by atoms with E-state index in [1.54, 1.807) is 0 Å². The number of benzene rings is 1. The second kappa shape index (κ2) is 5.11. The monoisotopic (exact) mass is 297 g/mol. The van der Waals surface area contributed by atoms with Gasteiger partial charge < -0.3 is 5.73 Å². The van der Waals surface area contributed by atoms with Gasteiger partial charge in [-0.2, -0.15) is 0 Å². The van der Waals surface area contributed by atoms with Crippen molar-refractivity contribution in [2.24, 2.45) is 0 Å². The second-order valence-corrected chi connectivity index (χ2v) is 6.69. The highest BCUT2D eigenvalue weighted by molar-refractivity contribution is 7.13. The lowest BCUT2D eigenvalue weighted by Gasteiger charge is -2.13. The average Bonchev–Trinajstić information content (AvgIpc) is 2.83. The molecule has 0 fully saturated rings. The number of nitrogen functional groups attached to an aromatic ring is 1. The molecule has 0 bridgehead atoms. The van der Waals surface area contributed by atoms with Gasteiger partial charge in [0, 0.05) is 22.0 Å². The van der Waals surface area contributed by atoms with E-state index in [1.807, 2.05) is 5.38 Å². The molecule has 3 nitrogen and oxygen atoms in total. The molecular weight excluding hydrogens is 278 g/mol. The molecule has 3 aromatic rings. The molecule has 0 amide bonds. The van der Waals surface area contributed by atoms with Gasteiger partial charge in [0.1, 0.15) is 0 Å². The zero-order chi connectivity index (χ0) is 15.1. The van der Waals surface area contributed by atoms with Crippen LogP contribution in [-0.2, 0) is 0 Å². The normalized spacial score (nSPS) is 11.5. The van der Waals surface area contributed by atoms with Crippen molar-refractivity contribution >= 4 is 27.4 Å². The maximum atomic E-state index is 5.81. The second-order valence-electron chi connectivity index (χ2n) is 5.80. The Kier molecular flexibility index (Phi) is 3.41. The van der Waals surface area contributed by atoms with Gasteiger partial charge in [0.05, 0.1) is 11.2 Å². The van der Waals surface area contributed by atoms with Crippen LogP contribution in [0.3, 0.4) is 0 Å². The van der Waals surface area contributed by atoms with Crippen LogP contribution >= 0.6 is 11.3 Å². The number of pyridine rings is 1. The number of nitrogens with two attached hydrogens (primary N) is 1. The van der Waals surface area contributed by atoms with Crippen molar-refractivity contribution in [1.29, 1.82) is 0 Å². The first-order valence-corrected chi connectivity index (χ1v) is 7.97. The van der Waals surface area contributed by atoms with Gasteiger partial charge in [0.15, 0.2) is 5.13 Å². The largest absolute Gasteiger partial charge is 0.375 e. The van der Waals surface area contributed by atoms with Crippen molar-refractivity contribution in [1.82, 2.24) is 9.97 Å². The van der Waals surface area contributed by atoms with E-state index in [4.69, 9.17) is 10.7 Å². The number of fused-ring (bicyclic) bond motifs is 1. The number of thiazole rings is 1. The number of aryl methyl sites for hydroxylation is 2. The van der Waals surface area contributed by atoms with Crippen molar-refractivity contribution in [3.8, 4) is 11.3 Å². The van der Waals surface area contributed by atoms with E-state index < -0.39 is 0 Å². The van der Waals surface area contributed by atoms with Crippen molar-refractivity contribution in [3.63, 3.8) is 0 Å². The summed E-state index contributed by atoms with van der Waals surface area (Å²) >= 11 is 1.48. The van der Waals surface area contributed by atoms with Gasteiger partial charge in [-0.05, 0) is 43.0 Å². The van der Waals surface area contributed by atoms with Crippen LogP contribution < -0.4 is 5.73 Å². The Morgan fingerprint density at radius 3 is 2.48 bits per heavy atom. The summed E-state index contributed by atoms with van der Waals surface area (Å²) in [6, 6.07) is 6.50. The molecule has 0 aliphatic heterocycles. The van der Waals surface area contributed by atoms with Gasteiger partial charge in [-0.3, -0.25) is 4.98 Å². The third kappa shape index (κ3) is 2.51. The minimum Gasteiger partial charge on any atom is -0.375 e. The zero-order valence-corrected chi connectivity index (χ0v) is 13.6. The standard InChI is InChI=1S/C17H19N3S/c1-9(2)13-7-12(15-8-21-17(18)20-15)16-11(4)5-10(3)6-14(16)19-13/h5-9H,1-4H3,(H2,18,20). The molecule has 21 heavy (non-hydrogen) atoms. The Morgan fingerprint density at radius 2 is 1.86 bits per heavy atom. The molecule has 0 radical (unpaired) electrons. The summed E-state index contributed by atoms with van der Waals surface area (Å²) in [6.07, 6.45) is 0. The van der Waals surface area contributed by atoms with Crippen LogP contribution in [0.2, 0.25) is 0 Å². The van der Waals surface area contributed by atoms with Crippen molar-refractivity contribution < 1.29 is 0 Å². The number of nitrogens with zero attached hydrogens (tertiary/aromatic N) is 2. The topological polar surface area (TPSA) is 51.8 Å². The van der Waals surface area contributed by atoms with Crippen molar-refractivity contribution in [3.05, 3.63) is 40.4 Å². The minimum atomic E-state index is 0.380. The molecule has 4 heteroatoms. The molecule has 0 atom stereocenters. The predicted molar refractivity (Wildman–Crippen MR) is 90.8 cm³/mol. The molecule has 1 aromatic carbocycles.